The smallest absolute Gasteiger partial charge is 0.257 e. The Morgan fingerprint density at radius 2 is 1.94 bits per heavy atom. The summed E-state index contributed by atoms with van der Waals surface area (Å²) >= 11 is 0. The number of ether oxygens (including phenoxy) is 2. The number of likely N-dealkylation sites (tertiary alicyclic amines) is 1. The van der Waals surface area contributed by atoms with Crippen molar-refractivity contribution in [2.24, 2.45) is 5.92 Å². The van der Waals surface area contributed by atoms with E-state index in [-0.39, 0.29) is 24.0 Å². The summed E-state index contributed by atoms with van der Waals surface area (Å²) in [6.07, 6.45) is 4.51. The maximum atomic E-state index is 12.1. The zero-order chi connectivity index (χ0) is 21.2. The van der Waals surface area contributed by atoms with Gasteiger partial charge < -0.3 is 19.9 Å². The second kappa shape index (κ2) is 8.85. The monoisotopic (exact) mass is 423 g/mol. The van der Waals surface area contributed by atoms with Gasteiger partial charge >= 0.3 is 0 Å². The quantitative estimate of drug-likeness (QED) is 0.743. The minimum atomic E-state index is -0.820. The van der Waals surface area contributed by atoms with Crippen molar-refractivity contribution in [1.82, 2.24) is 15.2 Å². The Kier molecular flexibility index (Phi) is 5.78. The Balaban J connectivity index is 1.10. The summed E-state index contributed by atoms with van der Waals surface area (Å²) in [6.45, 7) is 3.24. The van der Waals surface area contributed by atoms with Gasteiger partial charge in [0, 0.05) is 31.9 Å². The molecule has 1 aromatic carbocycles. The Labute approximate surface area is 182 Å². The molecule has 2 aromatic rings. The van der Waals surface area contributed by atoms with E-state index in [9.17, 15) is 9.90 Å². The summed E-state index contributed by atoms with van der Waals surface area (Å²) in [5.41, 5.74) is 2.33. The number of hydrogen-bond donors (Lipinski definition) is 2. The van der Waals surface area contributed by atoms with Crippen molar-refractivity contribution in [2.45, 2.75) is 50.5 Å². The molecule has 1 saturated carbocycles. The number of benzene rings is 1. The predicted octanol–water partition coefficient (Wildman–Crippen LogP) is 2.45. The molecule has 0 radical (unpaired) electrons. The van der Waals surface area contributed by atoms with Crippen molar-refractivity contribution in [3.63, 3.8) is 0 Å². The van der Waals surface area contributed by atoms with Crippen LogP contribution < -0.4 is 14.8 Å². The van der Waals surface area contributed by atoms with Crippen LogP contribution in [0.15, 0.2) is 42.6 Å². The third kappa shape index (κ3) is 4.83. The number of amides is 1. The van der Waals surface area contributed by atoms with E-state index in [4.69, 9.17) is 9.47 Å². The third-order valence-corrected chi connectivity index (χ3v) is 6.41. The fourth-order valence-electron chi connectivity index (χ4n) is 4.32. The number of carbonyl (C=O) groups is 1. The van der Waals surface area contributed by atoms with Gasteiger partial charge in [-0.3, -0.25) is 9.69 Å². The summed E-state index contributed by atoms with van der Waals surface area (Å²) in [4.78, 5) is 18.8. The number of carbonyl (C=O) groups excluding carboxylic acids is 1. The Hall–Kier alpha value is -2.64. The van der Waals surface area contributed by atoms with Crippen molar-refractivity contribution in [3.05, 3.63) is 53.7 Å². The number of nitrogens with one attached hydrogen (secondary N) is 1. The average Bonchev–Trinajstić information content (AvgIpc) is 3.65. The van der Waals surface area contributed by atoms with Gasteiger partial charge in [0.1, 0.15) is 12.7 Å². The van der Waals surface area contributed by atoms with Crippen LogP contribution in [0.1, 0.15) is 42.9 Å². The number of aliphatic hydroxyl groups excluding tert-OH is 1. The second-order valence-corrected chi connectivity index (χ2v) is 8.81. The van der Waals surface area contributed by atoms with E-state index in [0.717, 1.165) is 50.9 Å². The van der Waals surface area contributed by atoms with Crippen molar-refractivity contribution < 1.29 is 19.4 Å². The zero-order valence-corrected chi connectivity index (χ0v) is 17.6. The number of pyridine rings is 1. The molecule has 1 saturated heterocycles. The van der Waals surface area contributed by atoms with E-state index in [1.165, 1.54) is 5.56 Å². The van der Waals surface area contributed by atoms with Gasteiger partial charge in [0.2, 0.25) is 5.91 Å². The maximum Gasteiger partial charge on any atom is 0.257 e. The number of aliphatic hydroxyl groups is 1. The van der Waals surface area contributed by atoms with Crippen LogP contribution in [-0.2, 0) is 11.3 Å². The molecule has 2 N–H and O–H groups in total. The molecular formula is C24H29N3O4. The number of nitrogens with zero attached hydrogens (tertiary/aromatic N) is 2. The van der Waals surface area contributed by atoms with Crippen molar-refractivity contribution >= 4 is 5.91 Å². The van der Waals surface area contributed by atoms with E-state index < -0.39 is 6.10 Å². The molecule has 3 heterocycles. The number of hydrogen-bond acceptors (Lipinski definition) is 6. The van der Waals surface area contributed by atoms with Gasteiger partial charge in [-0.2, -0.15) is 0 Å². The summed E-state index contributed by atoms with van der Waals surface area (Å²) in [5, 5.41) is 13.0. The van der Waals surface area contributed by atoms with Gasteiger partial charge in [0.05, 0.1) is 0 Å². The second-order valence-electron chi connectivity index (χ2n) is 8.81. The Morgan fingerprint density at radius 1 is 1.16 bits per heavy atom. The van der Waals surface area contributed by atoms with E-state index in [0.29, 0.717) is 18.2 Å². The highest BCUT2D eigenvalue weighted by atomic mass is 16.6. The molecule has 1 amide bonds. The van der Waals surface area contributed by atoms with Crippen LogP contribution in [0.3, 0.4) is 0 Å². The lowest BCUT2D eigenvalue weighted by Crippen LogP contribution is -2.47. The Morgan fingerprint density at radius 3 is 2.68 bits per heavy atom. The van der Waals surface area contributed by atoms with Crippen molar-refractivity contribution in [1.29, 1.82) is 0 Å². The first-order chi connectivity index (χ1) is 15.2. The van der Waals surface area contributed by atoms with Crippen LogP contribution in [0, 0.1) is 5.92 Å². The molecule has 1 unspecified atom stereocenters. The molecule has 0 spiro atoms. The van der Waals surface area contributed by atoms with Crippen molar-refractivity contribution in [3.8, 4) is 11.6 Å². The summed E-state index contributed by atoms with van der Waals surface area (Å²) in [5.74, 6) is 1.22. The molecule has 0 bridgehead atoms. The first kappa shape index (κ1) is 20.3. The number of rotatable bonds is 6. The van der Waals surface area contributed by atoms with Crippen LogP contribution in [0.25, 0.3) is 0 Å². The first-order valence-corrected chi connectivity index (χ1v) is 11.2. The maximum absolute atomic E-state index is 12.1. The molecular weight excluding hydrogens is 394 g/mol. The highest BCUT2D eigenvalue weighted by Gasteiger charge is 2.35. The topological polar surface area (TPSA) is 83.9 Å². The van der Waals surface area contributed by atoms with Crippen LogP contribution >= 0.6 is 0 Å². The van der Waals surface area contributed by atoms with E-state index in [2.05, 4.69) is 39.5 Å². The van der Waals surface area contributed by atoms with Gasteiger partial charge in [-0.15, -0.1) is 0 Å². The number of fused-ring (bicyclic) bond motifs is 1. The molecule has 3 aliphatic rings. The molecule has 5 rings (SSSR count). The SMILES string of the molecule is O=C(NC1CCN(Cc2ccc([C@H]3COc4cccnc4O3)cc2)CC1)C(O)C1CC1. The average molecular weight is 424 g/mol. The molecule has 7 heteroatoms. The predicted molar refractivity (Wildman–Crippen MR) is 115 cm³/mol. The van der Waals surface area contributed by atoms with Crippen LogP contribution in [0.2, 0.25) is 0 Å². The Bertz CT molecular complexity index is 907. The zero-order valence-electron chi connectivity index (χ0n) is 17.6. The molecule has 2 fully saturated rings. The molecule has 2 aliphatic heterocycles. The van der Waals surface area contributed by atoms with Crippen LogP contribution in [-0.4, -0.2) is 52.7 Å². The highest BCUT2D eigenvalue weighted by Crippen LogP contribution is 2.34. The highest BCUT2D eigenvalue weighted by molar-refractivity contribution is 5.81. The van der Waals surface area contributed by atoms with Crippen LogP contribution in [0.4, 0.5) is 0 Å². The van der Waals surface area contributed by atoms with Gasteiger partial charge in [0.15, 0.2) is 11.9 Å². The van der Waals surface area contributed by atoms with E-state index in [1.54, 1.807) is 6.20 Å². The molecule has 31 heavy (non-hydrogen) atoms. The molecule has 164 valence electrons. The largest absolute Gasteiger partial charge is 0.484 e. The summed E-state index contributed by atoms with van der Waals surface area (Å²) in [6, 6.07) is 12.4. The molecule has 7 nitrogen and oxygen atoms in total. The lowest BCUT2D eigenvalue weighted by atomic mass is 10.0. The van der Waals surface area contributed by atoms with Gasteiger partial charge in [-0.25, -0.2) is 4.98 Å². The third-order valence-electron chi connectivity index (χ3n) is 6.41. The molecule has 1 aromatic heterocycles. The van der Waals surface area contributed by atoms with Crippen molar-refractivity contribution in [2.75, 3.05) is 19.7 Å². The van der Waals surface area contributed by atoms with Gasteiger partial charge in [0.25, 0.3) is 5.88 Å². The standard InChI is InChI=1S/C24H29N3O4/c28-22(18-7-8-18)23(29)26-19-9-12-27(13-10-19)14-16-3-5-17(6-4-16)21-15-30-20-2-1-11-25-24(20)31-21/h1-6,11,18-19,21-22,28H,7-10,12-15H2,(H,26,29)/t21-,22?/m1/s1. The molecule has 1 aliphatic carbocycles. The summed E-state index contributed by atoms with van der Waals surface area (Å²) < 4.78 is 11.8. The number of piperidine rings is 1. The van der Waals surface area contributed by atoms with Gasteiger partial charge in [-0.05, 0) is 54.9 Å². The van der Waals surface area contributed by atoms with Crippen LogP contribution in [0.5, 0.6) is 11.6 Å². The minimum absolute atomic E-state index is 0.151. The lowest BCUT2D eigenvalue weighted by molar-refractivity contribution is -0.131. The molecule has 2 atom stereocenters. The lowest BCUT2D eigenvalue weighted by Gasteiger charge is -2.33. The fraction of sp³-hybridized carbons (Fsp3) is 0.500. The minimum Gasteiger partial charge on any atom is -0.484 e. The van der Waals surface area contributed by atoms with E-state index in [1.807, 2.05) is 12.1 Å². The normalized spacial score (nSPS) is 22.7. The number of aromatic nitrogens is 1. The fourth-order valence-corrected chi connectivity index (χ4v) is 4.32. The summed E-state index contributed by atoms with van der Waals surface area (Å²) in [7, 11) is 0. The van der Waals surface area contributed by atoms with E-state index >= 15 is 0 Å². The van der Waals surface area contributed by atoms with Gasteiger partial charge in [-0.1, -0.05) is 24.3 Å². The first-order valence-electron chi connectivity index (χ1n) is 11.2.